The fourth-order valence-electron chi connectivity index (χ4n) is 0.953. The Morgan fingerprint density at radius 2 is 2.31 bits per heavy atom. The maximum absolute atomic E-state index is 13.3. The summed E-state index contributed by atoms with van der Waals surface area (Å²) in [5.74, 6) is -0.213. The summed E-state index contributed by atoms with van der Waals surface area (Å²) in [4.78, 5) is 0. The van der Waals surface area contributed by atoms with Gasteiger partial charge in [0.2, 0.25) is 0 Å². The molecule has 0 aliphatic heterocycles. The lowest BCUT2D eigenvalue weighted by Crippen LogP contribution is -2.03. The van der Waals surface area contributed by atoms with Gasteiger partial charge in [-0.15, -0.1) is 0 Å². The molecule has 0 aliphatic rings. The largest absolute Gasteiger partial charge is 0.316 e. The highest BCUT2D eigenvalue weighted by molar-refractivity contribution is 9.10. The highest BCUT2D eigenvalue weighted by atomic mass is 79.9. The zero-order valence-electron chi connectivity index (χ0n) is 7.35. The summed E-state index contributed by atoms with van der Waals surface area (Å²) in [5, 5.41) is 2.95. The van der Waals surface area contributed by atoms with Gasteiger partial charge in [0.15, 0.2) is 0 Å². The van der Waals surface area contributed by atoms with Crippen LogP contribution in [0.2, 0.25) is 0 Å². The van der Waals surface area contributed by atoms with E-state index in [9.17, 15) is 4.39 Å². The summed E-state index contributed by atoms with van der Waals surface area (Å²) in [6.45, 7) is 0.742. The van der Waals surface area contributed by atoms with E-state index in [1.165, 1.54) is 0 Å². The van der Waals surface area contributed by atoms with E-state index < -0.39 is 0 Å². The normalized spacial score (nSPS) is 11.0. The van der Waals surface area contributed by atoms with E-state index >= 15 is 0 Å². The Morgan fingerprint density at radius 3 is 3.00 bits per heavy atom. The van der Waals surface area contributed by atoms with Crippen LogP contribution in [0.4, 0.5) is 4.39 Å². The standard InChI is InChI=1S/C10H11BrFN/c1-13-7-3-5-8-4-2-6-9(11)10(8)12/h2-6,13H,7H2,1H3/b5-3+. The van der Waals surface area contributed by atoms with Crippen molar-refractivity contribution >= 4 is 22.0 Å². The van der Waals surface area contributed by atoms with Crippen LogP contribution in [0.5, 0.6) is 0 Å². The van der Waals surface area contributed by atoms with Gasteiger partial charge in [-0.05, 0) is 29.0 Å². The third-order valence-corrected chi connectivity index (χ3v) is 2.21. The van der Waals surface area contributed by atoms with Crippen molar-refractivity contribution in [2.75, 3.05) is 13.6 Å². The SMILES string of the molecule is CNC/C=C/c1cccc(Br)c1F. The number of rotatable bonds is 3. The number of hydrogen-bond donors (Lipinski definition) is 1. The van der Waals surface area contributed by atoms with Gasteiger partial charge in [0.1, 0.15) is 5.82 Å². The quantitative estimate of drug-likeness (QED) is 0.862. The van der Waals surface area contributed by atoms with Crippen LogP contribution < -0.4 is 5.32 Å². The van der Waals surface area contributed by atoms with E-state index in [0.717, 1.165) is 6.54 Å². The van der Waals surface area contributed by atoms with Crippen LogP contribution in [0.15, 0.2) is 28.7 Å². The van der Waals surface area contributed by atoms with E-state index in [1.807, 2.05) is 19.2 Å². The van der Waals surface area contributed by atoms with Crippen LogP contribution in [0.1, 0.15) is 5.56 Å². The number of likely N-dealkylation sites (N-methyl/N-ethyl adjacent to an activating group) is 1. The Kier molecular flexibility index (Phi) is 4.12. The minimum atomic E-state index is -0.213. The van der Waals surface area contributed by atoms with Gasteiger partial charge in [-0.1, -0.05) is 24.3 Å². The van der Waals surface area contributed by atoms with Crippen LogP contribution in [0.3, 0.4) is 0 Å². The number of hydrogen-bond acceptors (Lipinski definition) is 1. The lowest BCUT2D eigenvalue weighted by Gasteiger charge is -1.98. The van der Waals surface area contributed by atoms with E-state index in [0.29, 0.717) is 10.0 Å². The molecule has 0 aliphatic carbocycles. The second kappa shape index (κ2) is 5.14. The summed E-state index contributed by atoms with van der Waals surface area (Å²) >= 11 is 3.13. The van der Waals surface area contributed by atoms with Gasteiger partial charge in [0, 0.05) is 12.1 Å². The van der Waals surface area contributed by atoms with Gasteiger partial charge in [-0.2, -0.15) is 0 Å². The number of benzene rings is 1. The van der Waals surface area contributed by atoms with Crippen molar-refractivity contribution in [3.05, 3.63) is 40.1 Å². The van der Waals surface area contributed by atoms with Gasteiger partial charge in [0.05, 0.1) is 4.47 Å². The van der Waals surface area contributed by atoms with Crippen molar-refractivity contribution in [2.45, 2.75) is 0 Å². The molecule has 0 aromatic heterocycles. The summed E-state index contributed by atoms with van der Waals surface area (Å²) in [5.41, 5.74) is 0.602. The second-order valence-corrected chi connectivity index (χ2v) is 3.46. The Hall–Kier alpha value is -0.670. The molecule has 1 rings (SSSR count). The van der Waals surface area contributed by atoms with E-state index in [1.54, 1.807) is 18.2 Å². The molecule has 0 saturated heterocycles. The Bertz CT molecular complexity index is 310. The van der Waals surface area contributed by atoms with Crippen LogP contribution >= 0.6 is 15.9 Å². The maximum Gasteiger partial charge on any atom is 0.144 e. The molecule has 1 nitrogen and oxygen atoms in total. The van der Waals surface area contributed by atoms with Crippen molar-refractivity contribution in [1.29, 1.82) is 0 Å². The van der Waals surface area contributed by atoms with Gasteiger partial charge in [-0.3, -0.25) is 0 Å². The van der Waals surface area contributed by atoms with Gasteiger partial charge >= 0.3 is 0 Å². The number of halogens is 2. The average molecular weight is 244 g/mol. The molecular weight excluding hydrogens is 233 g/mol. The first-order chi connectivity index (χ1) is 6.25. The molecule has 0 fully saturated rings. The number of nitrogens with one attached hydrogen (secondary N) is 1. The summed E-state index contributed by atoms with van der Waals surface area (Å²) in [7, 11) is 1.85. The topological polar surface area (TPSA) is 12.0 Å². The molecule has 0 radical (unpaired) electrons. The first kappa shape index (κ1) is 10.4. The molecule has 3 heteroatoms. The molecule has 0 bridgehead atoms. The molecule has 0 saturated carbocycles. The summed E-state index contributed by atoms with van der Waals surface area (Å²) in [6, 6.07) is 5.24. The van der Waals surface area contributed by atoms with Crippen molar-refractivity contribution in [3.63, 3.8) is 0 Å². The molecule has 0 unspecified atom stereocenters. The van der Waals surface area contributed by atoms with Crippen molar-refractivity contribution in [1.82, 2.24) is 5.32 Å². The fourth-order valence-corrected chi connectivity index (χ4v) is 1.33. The molecule has 0 spiro atoms. The van der Waals surface area contributed by atoms with Crippen molar-refractivity contribution < 1.29 is 4.39 Å². The minimum Gasteiger partial charge on any atom is -0.316 e. The third-order valence-electron chi connectivity index (χ3n) is 1.60. The average Bonchev–Trinajstić information content (AvgIpc) is 2.13. The Labute approximate surface area is 85.8 Å². The van der Waals surface area contributed by atoms with Crippen LogP contribution in [-0.2, 0) is 0 Å². The fraction of sp³-hybridized carbons (Fsp3) is 0.200. The molecule has 0 heterocycles. The first-order valence-corrected chi connectivity index (χ1v) is 4.80. The van der Waals surface area contributed by atoms with Gasteiger partial charge in [0.25, 0.3) is 0 Å². The summed E-state index contributed by atoms with van der Waals surface area (Å²) < 4.78 is 13.8. The summed E-state index contributed by atoms with van der Waals surface area (Å²) in [6.07, 6.45) is 3.64. The van der Waals surface area contributed by atoms with Crippen molar-refractivity contribution in [2.24, 2.45) is 0 Å². The molecule has 1 aromatic rings. The first-order valence-electron chi connectivity index (χ1n) is 4.01. The Morgan fingerprint density at radius 1 is 1.54 bits per heavy atom. The highest BCUT2D eigenvalue weighted by Crippen LogP contribution is 2.19. The lowest BCUT2D eigenvalue weighted by molar-refractivity contribution is 0.618. The second-order valence-electron chi connectivity index (χ2n) is 2.60. The molecule has 1 N–H and O–H groups in total. The smallest absolute Gasteiger partial charge is 0.144 e. The molecule has 1 aromatic carbocycles. The molecule has 0 atom stereocenters. The molecule has 0 amide bonds. The van der Waals surface area contributed by atoms with Crippen molar-refractivity contribution in [3.8, 4) is 0 Å². The zero-order valence-corrected chi connectivity index (χ0v) is 8.94. The maximum atomic E-state index is 13.3. The third kappa shape index (κ3) is 2.94. The predicted molar refractivity (Wildman–Crippen MR) is 57.1 cm³/mol. The molecule has 13 heavy (non-hydrogen) atoms. The minimum absolute atomic E-state index is 0.213. The molecule has 70 valence electrons. The van der Waals surface area contributed by atoms with Gasteiger partial charge < -0.3 is 5.32 Å². The van der Waals surface area contributed by atoms with E-state index in [4.69, 9.17) is 0 Å². The predicted octanol–water partition coefficient (Wildman–Crippen LogP) is 2.82. The van der Waals surface area contributed by atoms with Crippen LogP contribution in [-0.4, -0.2) is 13.6 Å². The van der Waals surface area contributed by atoms with E-state index in [-0.39, 0.29) is 5.82 Å². The van der Waals surface area contributed by atoms with E-state index in [2.05, 4.69) is 21.2 Å². The highest BCUT2D eigenvalue weighted by Gasteiger charge is 2.01. The van der Waals surface area contributed by atoms with Gasteiger partial charge in [-0.25, -0.2) is 4.39 Å². The monoisotopic (exact) mass is 243 g/mol. The van der Waals surface area contributed by atoms with Crippen LogP contribution in [0, 0.1) is 5.82 Å². The lowest BCUT2D eigenvalue weighted by atomic mass is 10.2. The molecular formula is C10H11BrFN. The Balaban J connectivity index is 2.83. The zero-order chi connectivity index (χ0) is 9.68. The van der Waals surface area contributed by atoms with Crippen LogP contribution in [0.25, 0.3) is 6.08 Å².